The van der Waals surface area contributed by atoms with Gasteiger partial charge in [-0.15, -0.1) is 0 Å². The Labute approximate surface area is 334 Å². The number of benzene rings is 8. The van der Waals surface area contributed by atoms with E-state index in [1.165, 1.54) is 33.0 Å². The van der Waals surface area contributed by atoms with Crippen LogP contribution in [0.3, 0.4) is 0 Å². The summed E-state index contributed by atoms with van der Waals surface area (Å²) in [5, 5.41) is 4.36. The van der Waals surface area contributed by atoms with Crippen LogP contribution in [0, 0.1) is 6.57 Å². The highest BCUT2D eigenvalue weighted by Crippen LogP contribution is 2.44. The van der Waals surface area contributed by atoms with Crippen LogP contribution in [0.25, 0.3) is 110 Å². The molecule has 11 rings (SSSR count). The second-order valence-corrected chi connectivity index (χ2v) is 14.4. The molecule has 0 bridgehead atoms. The highest BCUT2D eigenvalue weighted by Gasteiger charge is 2.22. The van der Waals surface area contributed by atoms with E-state index in [9.17, 15) is 0 Å². The Morgan fingerprint density at radius 2 is 0.931 bits per heavy atom. The molecule has 270 valence electrons. The molecule has 3 aromatic heterocycles. The summed E-state index contributed by atoms with van der Waals surface area (Å²) in [6.07, 6.45) is 0. The van der Waals surface area contributed by atoms with Crippen molar-refractivity contribution in [2.24, 2.45) is 0 Å². The van der Waals surface area contributed by atoms with E-state index < -0.39 is 0 Å². The lowest BCUT2D eigenvalue weighted by Crippen LogP contribution is -1.97. The molecule has 58 heavy (non-hydrogen) atoms. The minimum Gasteiger partial charge on any atom is -0.456 e. The number of fused-ring (bicyclic) bond motifs is 6. The van der Waals surface area contributed by atoms with Crippen molar-refractivity contribution in [1.82, 2.24) is 14.5 Å². The van der Waals surface area contributed by atoms with Crippen LogP contribution in [0.2, 0.25) is 0 Å². The maximum absolute atomic E-state index is 8.33. The first-order valence-corrected chi connectivity index (χ1v) is 19.3. The van der Waals surface area contributed by atoms with Gasteiger partial charge in [-0.1, -0.05) is 146 Å². The summed E-state index contributed by atoms with van der Waals surface area (Å²) in [6.45, 7) is 8.33. The van der Waals surface area contributed by atoms with Crippen molar-refractivity contribution in [2.75, 3.05) is 0 Å². The van der Waals surface area contributed by atoms with Gasteiger partial charge in [-0.2, -0.15) is 0 Å². The van der Waals surface area contributed by atoms with Gasteiger partial charge in [0, 0.05) is 21.7 Å². The number of hydrogen-bond donors (Lipinski definition) is 0. The van der Waals surface area contributed by atoms with Gasteiger partial charge in [0.05, 0.1) is 40.1 Å². The Morgan fingerprint density at radius 1 is 0.414 bits per heavy atom. The van der Waals surface area contributed by atoms with Gasteiger partial charge in [0.15, 0.2) is 5.82 Å². The maximum Gasteiger partial charge on any atom is 0.238 e. The second-order valence-electron chi connectivity index (χ2n) is 14.4. The molecule has 0 unspecified atom stereocenters. The topological polar surface area (TPSA) is 48.2 Å². The molecule has 8 aromatic carbocycles. The predicted molar refractivity (Wildman–Crippen MR) is 237 cm³/mol. The molecule has 11 aromatic rings. The van der Waals surface area contributed by atoms with Gasteiger partial charge in [-0.05, 0) is 81.9 Å². The fraction of sp³-hybridized carbons (Fsp3) is 0. The van der Waals surface area contributed by atoms with Gasteiger partial charge in [0.2, 0.25) is 5.69 Å². The minimum atomic E-state index is 0.400. The molecule has 0 aliphatic heterocycles. The largest absolute Gasteiger partial charge is 0.456 e. The van der Waals surface area contributed by atoms with E-state index in [2.05, 4.69) is 131 Å². The Balaban J connectivity index is 1.13. The van der Waals surface area contributed by atoms with Gasteiger partial charge in [-0.25, -0.2) is 14.8 Å². The van der Waals surface area contributed by atoms with Crippen molar-refractivity contribution >= 4 is 49.4 Å². The summed E-state index contributed by atoms with van der Waals surface area (Å²) < 4.78 is 9.07. The van der Waals surface area contributed by atoms with Gasteiger partial charge in [-0.3, -0.25) is 0 Å². The highest BCUT2D eigenvalue weighted by molar-refractivity contribution is 6.16. The molecule has 0 amide bonds. The van der Waals surface area contributed by atoms with Gasteiger partial charge in [0.1, 0.15) is 11.2 Å². The number of aromatic nitrogens is 3. The third-order valence-electron chi connectivity index (χ3n) is 11.0. The van der Waals surface area contributed by atoms with Crippen LogP contribution >= 0.6 is 0 Å². The first-order valence-electron chi connectivity index (χ1n) is 19.3. The molecule has 3 heterocycles. The fourth-order valence-corrected chi connectivity index (χ4v) is 8.32. The smallest absolute Gasteiger partial charge is 0.238 e. The predicted octanol–water partition coefficient (Wildman–Crippen LogP) is 14.4. The maximum atomic E-state index is 8.33. The zero-order valence-corrected chi connectivity index (χ0v) is 31.2. The Kier molecular flexibility index (Phi) is 7.80. The van der Waals surface area contributed by atoms with E-state index in [1.807, 2.05) is 72.8 Å². The summed E-state index contributed by atoms with van der Waals surface area (Å²) >= 11 is 0. The molecule has 0 spiro atoms. The molecule has 0 aliphatic rings. The zero-order chi connectivity index (χ0) is 38.6. The Hall–Kier alpha value is -8.07. The quantitative estimate of drug-likeness (QED) is 0.160. The molecule has 0 N–H and O–H groups in total. The van der Waals surface area contributed by atoms with Crippen LogP contribution in [-0.2, 0) is 0 Å². The van der Waals surface area contributed by atoms with Gasteiger partial charge >= 0.3 is 0 Å². The molecule has 0 saturated carbocycles. The standard InChI is InChI=1S/C53H32N4O/c1-54-52-50(36-19-10-4-11-20-36)55-53(37-21-12-5-13-22-37)56-51(52)40-25-28-41-48(33-40)58-47-24-14-23-46(49(41)47)57-44-29-26-38(34-15-6-2-7-16-34)31-42(44)43-32-39(27-30-45(43)57)35-17-8-3-9-18-35/h2-33H. The van der Waals surface area contributed by atoms with Crippen molar-refractivity contribution < 1.29 is 4.42 Å². The van der Waals surface area contributed by atoms with Crippen LogP contribution < -0.4 is 0 Å². The normalized spacial score (nSPS) is 11.4. The van der Waals surface area contributed by atoms with Crippen molar-refractivity contribution in [2.45, 2.75) is 0 Å². The van der Waals surface area contributed by atoms with Crippen LogP contribution in [0.1, 0.15) is 0 Å². The summed E-state index contributed by atoms with van der Waals surface area (Å²) in [6, 6.07) is 66.9. The van der Waals surface area contributed by atoms with Crippen LogP contribution in [0.5, 0.6) is 0 Å². The number of furan rings is 1. The second kappa shape index (κ2) is 13.6. The van der Waals surface area contributed by atoms with E-state index in [-0.39, 0.29) is 0 Å². The number of nitrogens with zero attached hydrogens (tertiary/aromatic N) is 4. The SMILES string of the molecule is [C-]#[N+]c1c(-c2ccccc2)nc(-c2ccccc2)nc1-c1ccc2c(c1)oc1cccc(-n3c4ccc(-c5ccccc5)cc4c4cc(-c5ccccc5)ccc43)c12. The Bertz CT molecular complexity index is 3280. The average Bonchev–Trinajstić information content (AvgIpc) is 3.84. The molecular weight excluding hydrogens is 709 g/mol. The third-order valence-corrected chi connectivity index (χ3v) is 11.0. The molecule has 5 heteroatoms. The van der Waals surface area contributed by atoms with E-state index in [4.69, 9.17) is 21.0 Å². The molecular formula is C53H32N4O. The van der Waals surface area contributed by atoms with Crippen molar-refractivity contribution in [3.8, 4) is 61.8 Å². The highest BCUT2D eigenvalue weighted by atomic mass is 16.3. The molecule has 0 aliphatic carbocycles. The first kappa shape index (κ1) is 33.3. The lowest BCUT2D eigenvalue weighted by Gasteiger charge is -2.12. The monoisotopic (exact) mass is 740 g/mol. The fourth-order valence-electron chi connectivity index (χ4n) is 8.32. The first-order chi connectivity index (χ1) is 28.7. The summed E-state index contributed by atoms with van der Waals surface area (Å²) in [4.78, 5) is 14.0. The molecule has 0 fully saturated rings. The van der Waals surface area contributed by atoms with E-state index in [0.717, 1.165) is 55.3 Å². The lowest BCUT2D eigenvalue weighted by molar-refractivity contribution is 0.669. The Morgan fingerprint density at radius 3 is 1.50 bits per heavy atom. The van der Waals surface area contributed by atoms with Crippen LogP contribution in [0.4, 0.5) is 5.69 Å². The zero-order valence-electron chi connectivity index (χ0n) is 31.2. The molecule has 0 radical (unpaired) electrons. The minimum absolute atomic E-state index is 0.400. The summed E-state index contributed by atoms with van der Waals surface area (Å²) in [5.74, 6) is 0.561. The average molecular weight is 741 g/mol. The molecule has 5 nitrogen and oxygen atoms in total. The lowest BCUT2D eigenvalue weighted by atomic mass is 10.0. The van der Waals surface area contributed by atoms with Gasteiger partial charge < -0.3 is 8.98 Å². The van der Waals surface area contributed by atoms with Crippen LogP contribution in [-0.4, -0.2) is 14.5 Å². The van der Waals surface area contributed by atoms with Crippen molar-refractivity contribution in [3.63, 3.8) is 0 Å². The molecule has 0 saturated heterocycles. The van der Waals surface area contributed by atoms with E-state index in [1.54, 1.807) is 0 Å². The van der Waals surface area contributed by atoms with Gasteiger partial charge in [0.25, 0.3) is 0 Å². The van der Waals surface area contributed by atoms with Crippen molar-refractivity contribution in [3.05, 3.63) is 206 Å². The third kappa shape index (κ3) is 5.47. The van der Waals surface area contributed by atoms with E-state index >= 15 is 0 Å². The van der Waals surface area contributed by atoms with Crippen LogP contribution in [0.15, 0.2) is 199 Å². The summed E-state index contributed by atoms with van der Waals surface area (Å²) in [5.41, 5.74) is 13.6. The van der Waals surface area contributed by atoms with Crippen molar-refractivity contribution in [1.29, 1.82) is 0 Å². The molecule has 0 atom stereocenters. The summed E-state index contributed by atoms with van der Waals surface area (Å²) in [7, 11) is 0. The number of hydrogen-bond acceptors (Lipinski definition) is 3. The number of rotatable bonds is 6. The van der Waals surface area contributed by atoms with E-state index in [0.29, 0.717) is 22.9 Å².